The Morgan fingerprint density at radius 1 is 0.651 bits per heavy atom. The second-order valence-corrected chi connectivity index (χ2v) is 10.7. The molecule has 7 N–H and O–H groups in total. The summed E-state index contributed by atoms with van der Waals surface area (Å²) in [6, 6.07) is 19.8. The van der Waals surface area contributed by atoms with Crippen molar-refractivity contribution in [1.82, 2.24) is 16.0 Å². The Bertz CT molecular complexity index is 1350. The number of benzene rings is 3. The van der Waals surface area contributed by atoms with Crippen LogP contribution in [0.15, 0.2) is 84.9 Å². The molecule has 10 heteroatoms. The Hall–Kier alpha value is -4.70. The van der Waals surface area contributed by atoms with Crippen LogP contribution in [0.25, 0.3) is 0 Å². The summed E-state index contributed by atoms with van der Waals surface area (Å²) in [4.78, 5) is 52.3. The minimum Gasteiger partial charge on any atom is -0.508 e. The number of phenolic OH excluding ortho intramolecular Hbond substituents is 1. The van der Waals surface area contributed by atoms with Gasteiger partial charge >= 0.3 is 5.97 Å². The molecule has 0 saturated carbocycles. The molecule has 3 aromatic carbocycles. The van der Waals surface area contributed by atoms with E-state index in [1.54, 1.807) is 60.7 Å². The molecule has 228 valence electrons. The number of amides is 3. The van der Waals surface area contributed by atoms with Crippen LogP contribution in [-0.2, 0) is 38.4 Å². The lowest BCUT2D eigenvalue weighted by Gasteiger charge is -2.26. The van der Waals surface area contributed by atoms with Crippen molar-refractivity contribution in [2.75, 3.05) is 0 Å². The Balaban J connectivity index is 1.85. The number of hydrogen-bond donors (Lipinski definition) is 6. The normalized spacial score (nSPS) is 14.4. The van der Waals surface area contributed by atoms with Crippen LogP contribution >= 0.6 is 0 Å². The molecule has 5 unspecified atom stereocenters. The molecule has 0 aromatic heterocycles. The number of phenols is 1. The van der Waals surface area contributed by atoms with Gasteiger partial charge in [0, 0.05) is 19.3 Å². The first kappa shape index (κ1) is 32.8. The van der Waals surface area contributed by atoms with Gasteiger partial charge in [-0.25, -0.2) is 4.79 Å². The molecular weight excluding hydrogens is 548 g/mol. The zero-order valence-electron chi connectivity index (χ0n) is 24.4. The van der Waals surface area contributed by atoms with E-state index >= 15 is 0 Å². The van der Waals surface area contributed by atoms with E-state index in [0.717, 1.165) is 11.1 Å². The quantitative estimate of drug-likeness (QED) is 0.158. The standard InChI is InChI=1S/C33H40N4O6/c1-3-21(2)29(34)32(41)36-27(19-24-14-16-25(38)17-15-24)30(39)35-26(18-22-10-6-4-7-11-22)31(40)37-28(33(42)43)20-23-12-8-5-9-13-23/h4-17,21,26-29,38H,3,18-20,34H2,1-2H3,(H,35,39)(H,36,41)(H,37,40)(H,42,43). The molecule has 10 nitrogen and oxygen atoms in total. The van der Waals surface area contributed by atoms with Crippen LogP contribution in [0.1, 0.15) is 37.0 Å². The van der Waals surface area contributed by atoms with E-state index in [1.807, 2.05) is 26.0 Å². The highest BCUT2D eigenvalue weighted by molar-refractivity contribution is 5.94. The van der Waals surface area contributed by atoms with Gasteiger partial charge < -0.3 is 31.9 Å². The van der Waals surface area contributed by atoms with Crippen LogP contribution in [-0.4, -0.2) is 58.1 Å². The first-order valence-corrected chi connectivity index (χ1v) is 14.3. The highest BCUT2D eigenvalue weighted by atomic mass is 16.4. The van der Waals surface area contributed by atoms with Crippen molar-refractivity contribution in [2.24, 2.45) is 11.7 Å². The predicted molar refractivity (Wildman–Crippen MR) is 163 cm³/mol. The van der Waals surface area contributed by atoms with Gasteiger partial charge in [-0.1, -0.05) is 93.1 Å². The summed E-state index contributed by atoms with van der Waals surface area (Å²) >= 11 is 0. The summed E-state index contributed by atoms with van der Waals surface area (Å²) < 4.78 is 0. The zero-order chi connectivity index (χ0) is 31.4. The fraction of sp³-hybridized carbons (Fsp3) is 0.333. The van der Waals surface area contributed by atoms with E-state index in [1.165, 1.54) is 12.1 Å². The average Bonchev–Trinajstić information content (AvgIpc) is 3.01. The van der Waals surface area contributed by atoms with Gasteiger partial charge in [0.05, 0.1) is 6.04 Å². The molecule has 0 fully saturated rings. The van der Waals surface area contributed by atoms with Crippen molar-refractivity contribution in [3.63, 3.8) is 0 Å². The molecule has 0 saturated heterocycles. The van der Waals surface area contributed by atoms with Gasteiger partial charge in [-0.15, -0.1) is 0 Å². The second kappa shape index (κ2) is 16.1. The topological polar surface area (TPSA) is 171 Å². The van der Waals surface area contributed by atoms with E-state index in [-0.39, 0.29) is 30.9 Å². The van der Waals surface area contributed by atoms with Crippen LogP contribution in [0.4, 0.5) is 0 Å². The summed E-state index contributed by atoms with van der Waals surface area (Å²) in [5.74, 6) is -3.11. The summed E-state index contributed by atoms with van der Waals surface area (Å²) in [5, 5.41) is 27.6. The number of carboxylic acids is 1. The van der Waals surface area contributed by atoms with Crippen molar-refractivity contribution in [2.45, 2.75) is 63.7 Å². The first-order chi connectivity index (χ1) is 20.6. The van der Waals surface area contributed by atoms with Gasteiger partial charge in [0.25, 0.3) is 0 Å². The Labute approximate surface area is 251 Å². The summed E-state index contributed by atoms with van der Waals surface area (Å²) in [5.41, 5.74) is 8.27. The third-order valence-corrected chi connectivity index (χ3v) is 7.38. The number of rotatable bonds is 15. The maximum atomic E-state index is 13.7. The maximum Gasteiger partial charge on any atom is 0.326 e. The van der Waals surface area contributed by atoms with E-state index < -0.39 is 47.9 Å². The molecule has 0 aliphatic heterocycles. The number of carbonyl (C=O) groups is 4. The van der Waals surface area contributed by atoms with E-state index in [4.69, 9.17) is 5.73 Å². The molecule has 3 amide bonds. The van der Waals surface area contributed by atoms with Gasteiger partial charge in [0.2, 0.25) is 17.7 Å². The monoisotopic (exact) mass is 588 g/mol. The lowest BCUT2D eigenvalue weighted by Crippen LogP contribution is -2.58. The average molecular weight is 589 g/mol. The van der Waals surface area contributed by atoms with Crippen LogP contribution in [0.3, 0.4) is 0 Å². The SMILES string of the molecule is CCC(C)C(N)C(=O)NC(Cc1ccc(O)cc1)C(=O)NC(Cc1ccccc1)C(=O)NC(Cc1ccccc1)C(=O)O. The smallest absolute Gasteiger partial charge is 0.326 e. The number of hydrogen-bond acceptors (Lipinski definition) is 6. The number of aromatic hydroxyl groups is 1. The van der Waals surface area contributed by atoms with Crippen molar-refractivity contribution < 1.29 is 29.4 Å². The minimum atomic E-state index is -1.23. The van der Waals surface area contributed by atoms with Crippen LogP contribution in [0.5, 0.6) is 5.75 Å². The van der Waals surface area contributed by atoms with Crippen molar-refractivity contribution in [1.29, 1.82) is 0 Å². The van der Waals surface area contributed by atoms with Crippen molar-refractivity contribution in [3.8, 4) is 5.75 Å². The molecule has 0 heterocycles. The lowest BCUT2D eigenvalue weighted by atomic mass is 9.98. The van der Waals surface area contributed by atoms with E-state index in [9.17, 15) is 29.4 Å². The van der Waals surface area contributed by atoms with Gasteiger partial charge in [-0.05, 0) is 34.7 Å². The number of nitrogens with one attached hydrogen (secondary N) is 3. The molecule has 5 atom stereocenters. The zero-order valence-corrected chi connectivity index (χ0v) is 24.4. The molecule has 3 rings (SSSR count). The minimum absolute atomic E-state index is 0.0515. The third-order valence-electron chi connectivity index (χ3n) is 7.38. The summed E-state index contributed by atoms with van der Waals surface area (Å²) in [6.07, 6.45) is 0.871. The Kier molecular flexibility index (Phi) is 12.3. The molecule has 0 radical (unpaired) electrons. The lowest BCUT2D eigenvalue weighted by molar-refractivity contribution is -0.142. The number of carbonyl (C=O) groups excluding carboxylic acids is 3. The summed E-state index contributed by atoms with van der Waals surface area (Å²) in [7, 11) is 0. The molecular formula is C33H40N4O6. The fourth-order valence-electron chi connectivity index (χ4n) is 4.51. The molecule has 0 spiro atoms. The van der Waals surface area contributed by atoms with Crippen LogP contribution in [0.2, 0.25) is 0 Å². The van der Waals surface area contributed by atoms with Gasteiger partial charge in [-0.2, -0.15) is 0 Å². The summed E-state index contributed by atoms with van der Waals surface area (Å²) in [6.45, 7) is 3.75. The number of nitrogens with two attached hydrogens (primary N) is 1. The molecule has 43 heavy (non-hydrogen) atoms. The van der Waals surface area contributed by atoms with Crippen LogP contribution < -0.4 is 21.7 Å². The highest BCUT2D eigenvalue weighted by Crippen LogP contribution is 2.13. The maximum absolute atomic E-state index is 13.7. The third kappa shape index (κ3) is 10.3. The van der Waals surface area contributed by atoms with Crippen molar-refractivity contribution >= 4 is 23.7 Å². The van der Waals surface area contributed by atoms with E-state index in [2.05, 4.69) is 16.0 Å². The van der Waals surface area contributed by atoms with Gasteiger partial charge in [0.1, 0.15) is 23.9 Å². The van der Waals surface area contributed by atoms with Crippen LogP contribution in [0, 0.1) is 5.92 Å². The highest BCUT2D eigenvalue weighted by Gasteiger charge is 2.31. The fourth-order valence-corrected chi connectivity index (χ4v) is 4.51. The Morgan fingerprint density at radius 2 is 1.05 bits per heavy atom. The number of carboxylic acid groups (broad SMARTS) is 1. The van der Waals surface area contributed by atoms with E-state index in [0.29, 0.717) is 12.0 Å². The Morgan fingerprint density at radius 3 is 1.49 bits per heavy atom. The molecule has 0 aliphatic carbocycles. The van der Waals surface area contributed by atoms with Crippen molar-refractivity contribution in [3.05, 3.63) is 102 Å². The first-order valence-electron chi connectivity index (χ1n) is 14.3. The van der Waals surface area contributed by atoms with Gasteiger partial charge in [0.15, 0.2) is 0 Å². The second-order valence-electron chi connectivity index (χ2n) is 10.7. The largest absolute Gasteiger partial charge is 0.508 e. The van der Waals surface area contributed by atoms with Gasteiger partial charge in [-0.3, -0.25) is 14.4 Å². The molecule has 0 bridgehead atoms. The predicted octanol–water partition coefficient (Wildman–Crippen LogP) is 2.33. The number of aliphatic carboxylic acids is 1. The molecule has 3 aromatic rings. The molecule has 0 aliphatic rings.